The van der Waals surface area contributed by atoms with Crippen molar-refractivity contribution >= 4 is 11.9 Å². The summed E-state index contributed by atoms with van der Waals surface area (Å²) in [7, 11) is 0. The summed E-state index contributed by atoms with van der Waals surface area (Å²) in [6.45, 7) is 7.39. The molecule has 0 aromatic heterocycles. The molecule has 1 aromatic rings. The number of benzene rings is 1. The Labute approximate surface area is 120 Å². The average molecular weight is 277 g/mol. The van der Waals surface area contributed by atoms with Crippen LogP contribution in [0.15, 0.2) is 18.2 Å². The molecule has 0 heterocycles. The number of aliphatic carboxylic acids is 1. The second-order valence-corrected chi connectivity index (χ2v) is 5.41. The smallest absolute Gasteiger partial charge is 0.308 e. The van der Waals surface area contributed by atoms with Crippen molar-refractivity contribution in [3.63, 3.8) is 0 Å². The standard InChI is InChI=1S/C16H23NO3/c1-10-5-6-14(11(2)9-10)7-8-15(18)17-13(4)12(3)16(19)20/h5-6,9,12-13H,7-8H2,1-4H3,(H,17,18)(H,19,20). The Hall–Kier alpha value is -1.84. The van der Waals surface area contributed by atoms with Crippen molar-refractivity contribution in [3.8, 4) is 0 Å². The van der Waals surface area contributed by atoms with Gasteiger partial charge in [-0.3, -0.25) is 9.59 Å². The number of hydrogen-bond donors (Lipinski definition) is 2. The zero-order valence-corrected chi connectivity index (χ0v) is 12.6. The summed E-state index contributed by atoms with van der Waals surface area (Å²) in [5.41, 5.74) is 3.55. The molecular weight excluding hydrogens is 254 g/mol. The second kappa shape index (κ2) is 7.08. The molecule has 110 valence electrons. The van der Waals surface area contributed by atoms with Gasteiger partial charge < -0.3 is 10.4 Å². The van der Waals surface area contributed by atoms with Gasteiger partial charge in [-0.1, -0.05) is 23.8 Å². The highest BCUT2D eigenvalue weighted by molar-refractivity contribution is 5.78. The fraction of sp³-hybridized carbons (Fsp3) is 0.500. The molecule has 4 heteroatoms. The van der Waals surface area contributed by atoms with Gasteiger partial charge in [0.15, 0.2) is 0 Å². The first-order valence-corrected chi connectivity index (χ1v) is 6.89. The Morgan fingerprint density at radius 3 is 2.45 bits per heavy atom. The molecule has 0 aliphatic heterocycles. The number of nitrogens with one attached hydrogen (secondary N) is 1. The Bertz CT molecular complexity index is 496. The lowest BCUT2D eigenvalue weighted by atomic mass is 10.0. The minimum atomic E-state index is -0.896. The van der Waals surface area contributed by atoms with E-state index in [1.165, 1.54) is 11.1 Å². The van der Waals surface area contributed by atoms with Gasteiger partial charge in [0, 0.05) is 12.5 Å². The van der Waals surface area contributed by atoms with E-state index in [1.807, 2.05) is 26.0 Å². The molecule has 0 spiro atoms. The van der Waals surface area contributed by atoms with E-state index in [9.17, 15) is 9.59 Å². The van der Waals surface area contributed by atoms with E-state index in [2.05, 4.69) is 11.4 Å². The third kappa shape index (κ3) is 4.68. The molecule has 0 fully saturated rings. The Kier molecular flexibility index (Phi) is 5.74. The van der Waals surface area contributed by atoms with E-state index in [4.69, 9.17) is 5.11 Å². The van der Waals surface area contributed by atoms with E-state index < -0.39 is 11.9 Å². The van der Waals surface area contributed by atoms with Crippen molar-refractivity contribution in [1.29, 1.82) is 0 Å². The van der Waals surface area contributed by atoms with Crippen LogP contribution in [0, 0.1) is 19.8 Å². The fourth-order valence-corrected chi connectivity index (χ4v) is 2.04. The van der Waals surface area contributed by atoms with Crippen molar-refractivity contribution in [2.75, 3.05) is 0 Å². The van der Waals surface area contributed by atoms with Gasteiger partial charge in [0.25, 0.3) is 0 Å². The maximum Gasteiger partial charge on any atom is 0.308 e. The van der Waals surface area contributed by atoms with Gasteiger partial charge in [-0.15, -0.1) is 0 Å². The SMILES string of the molecule is Cc1ccc(CCC(=O)NC(C)C(C)C(=O)O)c(C)c1. The van der Waals surface area contributed by atoms with Crippen LogP contribution in [0.3, 0.4) is 0 Å². The molecule has 4 nitrogen and oxygen atoms in total. The number of hydrogen-bond acceptors (Lipinski definition) is 2. The Morgan fingerprint density at radius 1 is 1.25 bits per heavy atom. The number of amides is 1. The van der Waals surface area contributed by atoms with Gasteiger partial charge >= 0.3 is 5.97 Å². The molecule has 1 rings (SSSR count). The second-order valence-electron chi connectivity index (χ2n) is 5.41. The highest BCUT2D eigenvalue weighted by Gasteiger charge is 2.20. The first kappa shape index (κ1) is 16.2. The van der Waals surface area contributed by atoms with Crippen molar-refractivity contribution in [2.45, 2.75) is 46.6 Å². The number of aryl methyl sites for hydroxylation is 3. The first-order valence-electron chi connectivity index (χ1n) is 6.89. The monoisotopic (exact) mass is 277 g/mol. The summed E-state index contributed by atoms with van der Waals surface area (Å²) >= 11 is 0. The molecular formula is C16H23NO3. The summed E-state index contributed by atoms with van der Waals surface area (Å²) in [5, 5.41) is 11.6. The molecule has 0 saturated heterocycles. The zero-order valence-electron chi connectivity index (χ0n) is 12.6. The fourth-order valence-electron chi connectivity index (χ4n) is 2.04. The molecule has 1 aromatic carbocycles. The summed E-state index contributed by atoms with van der Waals surface area (Å²) in [4.78, 5) is 22.7. The highest BCUT2D eigenvalue weighted by Crippen LogP contribution is 2.12. The number of carboxylic acid groups (broad SMARTS) is 1. The first-order chi connectivity index (χ1) is 9.31. The summed E-state index contributed by atoms with van der Waals surface area (Å²) < 4.78 is 0. The van der Waals surface area contributed by atoms with Gasteiger partial charge in [-0.25, -0.2) is 0 Å². The minimum Gasteiger partial charge on any atom is -0.481 e. The number of carbonyl (C=O) groups is 2. The molecule has 0 saturated carbocycles. The van der Waals surface area contributed by atoms with Gasteiger partial charge in [0.05, 0.1) is 5.92 Å². The summed E-state index contributed by atoms with van der Waals surface area (Å²) in [6.07, 6.45) is 1.05. The lowest BCUT2D eigenvalue weighted by Gasteiger charge is -2.17. The van der Waals surface area contributed by atoms with E-state index in [1.54, 1.807) is 13.8 Å². The molecule has 0 aliphatic carbocycles. The molecule has 2 N–H and O–H groups in total. The molecule has 20 heavy (non-hydrogen) atoms. The lowest BCUT2D eigenvalue weighted by Crippen LogP contribution is -2.40. The van der Waals surface area contributed by atoms with Crippen LogP contribution >= 0.6 is 0 Å². The van der Waals surface area contributed by atoms with Crippen LogP contribution in [0.5, 0.6) is 0 Å². The van der Waals surface area contributed by atoms with Gasteiger partial charge in [-0.05, 0) is 45.2 Å². The Morgan fingerprint density at radius 2 is 1.90 bits per heavy atom. The molecule has 2 atom stereocenters. The normalized spacial score (nSPS) is 13.6. The van der Waals surface area contributed by atoms with Crippen LogP contribution in [0.1, 0.15) is 37.0 Å². The van der Waals surface area contributed by atoms with Crippen LogP contribution in [0.4, 0.5) is 0 Å². The van der Waals surface area contributed by atoms with Crippen molar-refractivity contribution in [1.82, 2.24) is 5.32 Å². The third-order valence-corrected chi connectivity index (χ3v) is 3.65. The van der Waals surface area contributed by atoms with Gasteiger partial charge in [-0.2, -0.15) is 0 Å². The predicted octanol–water partition coefficient (Wildman–Crippen LogP) is 2.46. The maximum absolute atomic E-state index is 11.8. The topological polar surface area (TPSA) is 66.4 Å². The molecule has 2 unspecified atom stereocenters. The third-order valence-electron chi connectivity index (χ3n) is 3.65. The number of carbonyl (C=O) groups excluding carboxylic acids is 1. The van der Waals surface area contributed by atoms with Crippen LogP contribution in [0.25, 0.3) is 0 Å². The van der Waals surface area contributed by atoms with E-state index in [-0.39, 0.29) is 11.9 Å². The molecule has 1 amide bonds. The summed E-state index contributed by atoms with van der Waals surface area (Å²) in [6, 6.07) is 5.82. The van der Waals surface area contributed by atoms with Crippen LogP contribution in [-0.4, -0.2) is 23.0 Å². The van der Waals surface area contributed by atoms with E-state index >= 15 is 0 Å². The molecule has 0 aliphatic rings. The van der Waals surface area contributed by atoms with E-state index in [0.29, 0.717) is 12.8 Å². The predicted molar refractivity (Wildman–Crippen MR) is 78.6 cm³/mol. The molecule has 0 bridgehead atoms. The van der Waals surface area contributed by atoms with Gasteiger partial charge in [0.1, 0.15) is 0 Å². The van der Waals surface area contributed by atoms with Crippen LogP contribution < -0.4 is 5.32 Å². The lowest BCUT2D eigenvalue weighted by molar-refractivity contribution is -0.142. The average Bonchev–Trinajstić information content (AvgIpc) is 2.36. The number of rotatable bonds is 6. The van der Waals surface area contributed by atoms with Crippen molar-refractivity contribution in [3.05, 3.63) is 34.9 Å². The zero-order chi connectivity index (χ0) is 15.3. The number of carboxylic acids is 1. The van der Waals surface area contributed by atoms with E-state index in [0.717, 1.165) is 5.56 Å². The van der Waals surface area contributed by atoms with Crippen molar-refractivity contribution in [2.24, 2.45) is 5.92 Å². The van der Waals surface area contributed by atoms with Crippen LogP contribution in [-0.2, 0) is 16.0 Å². The quantitative estimate of drug-likeness (QED) is 0.839. The Balaban J connectivity index is 2.49. The maximum atomic E-state index is 11.8. The van der Waals surface area contributed by atoms with Gasteiger partial charge in [0.2, 0.25) is 5.91 Å². The molecule has 0 radical (unpaired) electrons. The highest BCUT2D eigenvalue weighted by atomic mass is 16.4. The summed E-state index contributed by atoms with van der Waals surface area (Å²) in [5.74, 6) is -1.59. The minimum absolute atomic E-state index is 0.106. The van der Waals surface area contributed by atoms with Crippen molar-refractivity contribution < 1.29 is 14.7 Å². The largest absolute Gasteiger partial charge is 0.481 e. The van der Waals surface area contributed by atoms with Crippen LogP contribution in [0.2, 0.25) is 0 Å².